The molecule has 1 rings (SSSR count). The Morgan fingerprint density at radius 2 is 2.00 bits per heavy atom. The van der Waals surface area contributed by atoms with Gasteiger partial charge in [-0.1, -0.05) is 0 Å². The summed E-state index contributed by atoms with van der Waals surface area (Å²) < 4.78 is 25.9. The third-order valence-corrected chi connectivity index (χ3v) is 2.04. The van der Waals surface area contributed by atoms with Crippen molar-refractivity contribution in [1.82, 2.24) is 0 Å². The maximum absolute atomic E-state index is 13.1. The van der Waals surface area contributed by atoms with Crippen molar-refractivity contribution in [3.05, 3.63) is 35.4 Å². The second-order valence-electron chi connectivity index (χ2n) is 3.89. The van der Waals surface area contributed by atoms with Crippen LogP contribution in [0, 0.1) is 11.6 Å². The van der Waals surface area contributed by atoms with Gasteiger partial charge in [0.15, 0.2) is 5.78 Å². The quantitative estimate of drug-likeness (QED) is 0.833. The van der Waals surface area contributed by atoms with Crippen LogP contribution in [-0.4, -0.2) is 16.5 Å². The second kappa shape index (κ2) is 4.06. The Balaban J connectivity index is 2.90. The first kappa shape index (κ1) is 11.8. The third kappa shape index (κ3) is 3.09. The van der Waals surface area contributed by atoms with Crippen molar-refractivity contribution in [3.8, 4) is 0 Å². The van der Waals surface area contributed by atoms with Crippen molar-refractivity contribution in [3.63, 3.8) is 0 Å². The van der Waals surface area contributed by atoms with Gasteiger partial charge in [0.2, 0.25) is 0 Å². The molecule has 1 aromatic carbocycles. The van der Waals surface area contributed by atoms with E-state index in [1.807, 2.05) is 0 Å². The normalized spacial score (nSPS) is 11.5. The van der Waals surface area contributed by atoms with Gasteiger partial charge in [0, 0.05) is 6.42 Å². The second-order valence-corrected chi connectivity index (χ2v) is 3.89. The monoisotopic (exact) mass is 214 g/mol. The fraction of sp³-hybridized carbons (Fsp3) is 0.364. The molecule has 0 spiro atoms. The highest BCUT2D eigenvalue weighted by molar-refractivity contribution is 5.88. The molecule has 0 atom stereocenters. The van der Waals surface area contributed by atoms with E-state index in [0.717, 1.165) is 18.2 Å². The van der Waals surface area contributed by atoms with Crippen molar-refractivity contribution in [1.29, 1.82) is 0 Å². The van der Waals surface area contributed by atoms with E-state index in [0.29, 0.717) is 0 Å². The fourth-order valence-corrected chi connectivity index (χ4v) is 1.07. The predicted octanol–water partition coefficient (Wildman–Crippen LogP) is 1.85. The number of hydrogen-bond acceptors (Lipinski definition) is 2. The molecule has 2 nitrogen and oxygen atoms in total. The number of benzene rings is 1. The Morgan fingerprint density at radius 3 is 2.53 bits per heavy atom. The van der Waals surface area contributed by atoms with Crippen LogP contribution in [0.25, 0.3) is 0 Å². The molecule has 0 saturated heterocycles. The lowest BCUT2D eigenvalue weighted by molar-refractivity contribution is -0.133. The molecule has 0 saturated carbocycles. The highest BCUT2D eigenvalue weighted by Gasteiger charge is 2.24. The summed E-state index contributed by atoms with van der Waals surface area (Å²) in [5.74, 6) is -1.80. The summed E-state index contributed by atoms with van der Waals surface area (Å²) in [5.41, 5.74) is -1.57. The van der Waals surface area contributed by atoms with E-state index >= 15 is 0 Å². The molecule has 15 heavy (non-hydrogen) atoms. The molecule has 0 aliphatic rings. The first-order chi connectivity index (χ1) is 6.80. The first-order valence-electron chi connectivity index (χ1n) is 4.50. The Hall–Kier alpha value is -1.29. The Labute approximate surface area is 86.5 Å². The zero-order valence-corrected chi connectivity index (χ0v) is 8.55. The van der Waals surface area contributed by atoms with Gasteiger partial charge in [0.1, 0.15) is 17.2 Å². The summed E-state index contributed by atoms with van der Waals surface area (Å²) in [5, 5.41) is 9.34. The van der Waals surface area contributed by atoms with Gasteiger partial charge < -0.3 is 5.11 Å². The molecule has 4 heteroatoms. The molecule has 1 aromatic rings. The van der Waals surface area contributed by atoms with E-state index in [1.165, 1.54) is 13.8 Å². The average molecular weight is 214 g/mol. The summed E-state index contributed by atoms with van der Waals surface area (Å²) in [4.78, 5) is 11.4. The smallest absolute Gasteiger partial charge is 0.168 e. The van der Waals surface area contributed by atoms with E-state index < -0.39 is 23.0 Å². The summed E-state index contributed by atoms with van der Waals surface area (Å²) in [7, 11) is 0. The maximum Gasteiger partial charge on any atom is 0.168 e. The molecule has 0 aliphatic heterocycles. The number of halogens is 2. The average Bonchev–Trinajstić information content (AvgIpc) is 2.09. The Kier molecular flexibility index (Phi) is 3.19. The van der Waals surface area contributed by atoms with E-state index in [4.69, 9.17) is 0 Å². The van der Waals surface area contributed by atoms with Crippen molar-refractivity contribution in [2.24, 2.45) is 0 Å². The first-order valence-corrected chi connectivity index (χ1v) is 4.50. The number of ketones is 1. The van der Waals surface area contributed by atoms with E-state index in [1.54, 1.807) is 0 Å². The molecule has 0 heterocycles. The van der Waals surface area contributed by atoms with Crippen LogP contribution < -0.4 is 0 Å². The van der Waals surface area contributed by atoms with Crippen LogP contribution in [0.15, 0.2) is 18.2 Å². The lowest BCUT2D eigenvalue weighted by Crippen LogP contribution is -2.32. The van der Waals surface area contributed by atoms with Gasteiger partial charge in [0.05, 0.1) is 0 Å². The van der Waals surface area contributed by atoms with Gasteiger partial charge in [-0.15, -0.1) is 0 Å². The lowest BCUT2D eigenvalue weighted by atomic mass is 9.97. The fourth-order valence-electron chi connectivity index (χ4n) is 1.07. The Morgan fingerprint density at radius 1 is 1.40 bits per heavy atom. The van der Waals surface area contributed by atoms with Crippen LogP contribution in [0.2, 0.25) is 0 Å². The van der Waals surface area contributed by atoms with Crippen LogP contribution >= 0.6 is 0 Å². The zero-order chi connectivity index (χ0) is 11.6. The van der Waals surface area contributed by atoms with Gasteiger partial charge >= 0.3 is 0 Å². The largest absolute Gasteiger partial charge is 0.383 e. The molecule has 0 unspecified atom stereocenters. The molecule has 0 bridgehead atoms. The molecule has 0 aliphatic carbocycles. The van der Waals surface area contributed by atoms with Crippen LogP contribution in [0.3, 0.4) is 0 Å². The molecular formula is C11H12F2O2. The van der Waals surface area contributed by atoms with Crippen LogP contribution in [-0.2, 0) is 11.2 Å². The third-order valence-electron chi connectivity index (χ3n) is 2.04. The van der Waals surface area contributed by atoms with Crippen molar-refractivity contribution >= 4 is 5.78 Å². The predicted molar refractivity (Wildman–Crippen MR) is 51.4 cm³/mol. The number of aliphatic hydroxyl groups is 1. The zero-order valence-electron chi connectivity index (χ0n) is 8.55. The molecule has 82 valence electrons. The topological polar surface area (TPSA) is 37.3 Å². The van der Waals surface area contributed by atoms with Crippen LogP contribution in [0.4, 0.5) is 8.78 Å². The van der Waals surface area contributed by atoms with E-state index in [2.05, 4.69) is 0 Å². The van der Waals surface area contributed by atoms with Gasteiger partial charge in [-0.3, -0.25) is 4.79 Å². The van der Waals surface area contributed by atoms with Crippen LogP contribution in [0.5, 0.6) is 0 Å². The van der Waals surface area contributed by atoms with Gasteiger partial charge in [-0.25, -0.2) is 8.78 Å². The number of carbonyl (C=O) groups is 1. The number of rotatable bonds is 3. The van der Waals surface area contributed by atoms with Gasteiger partial charge in [-0.2, -0.15) is 0 Å². The molecule has 1 N–H and O–H groups in total. The standard InChI is InChI=1S/C11H12F2O2/c1-11(2,15)10(14)6-7-5-8(12)3-4-9(7)13/h3-5,15H,6H2,1-2H3. The van der Waals surface area contributed by atoms with Crippen molar-refractivity contribution in [2.45, 2.75) is 25.9 Å². The SMILES string of the molecule is CC(C)(O)C(=O)Cc1cc(F)ccc1F. The molecule has 0 aromatic heterocycles. The van der Waals surface area contributed by atoms with Gasteiger partial charge in [0.25, 0.3) is 0 Å². The maximum atomic E-state index is 13.1. The molecular weight excluding hydrogens is 202 g/mol. The van der Waals surface area contributed by atoms with E-state index in [-0.39, 0.29) is 12.0 Å². The minimum absolute atomic E-state index is 0.0397. The number of carbonyl (C=O) groups excluding carboxylic acids is 1. The van der Waals surface area contributed by atoms with Crippen molar-refractivity contribution < 1.29 is 18.7 Å². The molecule has 0 fully saturated rings. The highest BCUT2D eigenvalue weighted by Crippen LogP contribution is 2.14. The summed E-state index contributed by atoms with van der Waals surface area (Å²) in [6.45, 7) is 2.62. The minimum atomic E-state index is -1.53. The summed E-state index contributed by atoms with van der Waals surface area (Å²) >= 11 is 0. The van der Waals surface area contributed by atoms with Crippen molar-refractivity contribution in [2.75, 3.05) is 0 Å². The lowest BCUT2D eigenvalue weighted by Gasteiger charge is -2.15. The number of Topliss-reactive ketones (excluding diaryl/α,β-unsaturated/α-hetero) is 1. The van der Waals surface area contributed by atoms with Gasteiger partial charge in [-0.05, 0) is 37.6 Å². The van der Waals surface area contributed by atoms with E-state index in [9.17, 15) is 18.7 Å². The number of hydrogen-bond donors (Lipinski definition) is 1. The summed E-state index contributed by atoms with van der Waals surface area (Å²) in [6, 6.07) is 2.90. The molecule has 0 amide bonds. The Bertz CT molecular complexity index is 381. The minimum Gasteiger partial charge on any atom is -0.383 e. The summed E-state index contributed by atoms with van der Waals surface area (Å²) in [6.07, 6.45) is -0.312. The highest BCUT2D eigenvalue weighted by atomic mass is 19.1. The van der Waals surface area contributed by atoms with Crippen LogP contribution in [0.1, 0.15) is 19.4 Å². The molecule has 0 radical (unpaired) electrons.